The molecule has 0 aliphatic carbocycles. The summed E-state index contributed by atoms with van der Waals surface area (Å²) >= 11 is 0. The summed E-state index contributed by atoms with van der Waals surface area (Å²) in [7, 11) is -2.33. The van der Waals surface area contributed by atoms with Crippen molar-refractivity contribution in [3.63, 3.8) is 0 Å². The molecular formula is C27H35N7O4S. The maximum atomic E-state index is 12.5. The third kappa shape index (κ3) is 6.02. The number of rotatable bonds is 10. The van der Waals surface area contributed by atoms with Gasteiger partial charge in [0.25, 0.3) is 0 Å². The minimum atomic E-state index is -3.96. The summed E-state index contributed by atoms with van der Waals surface area (Å²) in [5, 5.41) is 15.5. The Labute approximate surface area is 229 Å². The maximum absolute atomic E-state index is 12.5. The summed E-state index contributed by atoms with van der Waals surface area (Å²) in [6, 6.07) is 11.1. The van der Waals surface area contributed by atoms with Gasteiger partial charge in [-0.05, 0) is 43.0 Å². The molecule has 3 aromatic rings. The van der Waals surface area contributed by atoms with Crippen molar-refractivity contribution in [2.75, 3.05) is 60.8 Å². The first-order chi connectivity index (χ1) is 18.9. The van der Waals surface area contributed by atoms with Crippen LogP contribution < -0.4 is 30.7 Å². The molecule has 3 heterocycles. The monoisotopic (exact) mass is 553 g/mol. The number of primary sulfonamides is 1. The van der Waals surface area contributed by atoms with E-state index in [4.69, 9.17) is 19.6 Å². The number of nitrogens with zero attached hydrogens (tertiary/aromatic N) is 3. The molecule has 1 aromatic heterocycles. The zero-order valence-corrected chi connectivity index (χ0v) is 23.1. The van der Waals surface area contributed by atoms with Crippen molar-refractivity contribution < 1.29 is 17.9 Å². The average Bonchev–Trinajstić information content (AvgIpc) is 3.41. The van der Waals surface area contributed by atoms with E-state index >= 15 is 0 Å². The lowest BCUT2D eigenvalue weighted by Crippen LogP contribution is -2.36. The summed E-state index contributed by atoms with van der Waals surface area (Å²) in [4.78, 5) is 11.8. The number of fused-ring (bicyclic) bond motifs is 1. The Morgan fingerprint density at radius 3 is 2.72 bits per heavy atom. The molecule has 2 aromatic carbocycles. The van der Waals surface area contributed by atoms with Crippen LogP contribution in [0.4, 0.5) is 34.6 Å². The SMILES string of the molecule is CCCCc1cccc(S(N)(=O)=O)c1Nc1nc(Nc2ccc(N3CCOCC3)cc2OC)nc2c1CCN2. The van der Waals surface area contributed by atoms with E-state index in [1.807, 2.05) is 24.3 Å². The van der Waals surface area contributed by atoms with E-state index in [1.54, 1.807) is 13.2 Å². The lowest BCUT2D eigenvalue weighted by molar-refractivity contribution is 0.122. The predicted octanol–water partition coefficient (Wildman–Crippen LogP) is 3.77. The standard InChI is InChI=1S/C27H35N7O4S/c1-3-4-6-18-7-5-8-23(39(28,35)36)24(18)31-26-20-11-12-29-25(20)32-27(33-26)30-21-10-9-19(17-22(21)37-2)34-13-15-38-16-14-34/h5,7-10,17H,3-4,6,11-16H2,1-2H3,(H2,28,35,36)(H3,29,30,31,32,33). The highest BCUT2D eigenvalue weighted by molar-refractivity contribution is 7.89. The number of aryl methyl sites for hydroxylation is 1. The number of sulfonamides is 1. The molecule has 2 aliphatic rings. The molecule has 0 atom stereocenters. The van der Waals surface area contributed by atoms with Crippen molar-refractivity contribution in [2.24, 2.45) is 5.14 Å². The van der Waals surface area contributed by atoms with Gasteiger partial charge in [0.1, 0.15) is 22.3 Å². The Bertz CT molecular complexity index is 1440. The quantitative estimate of drug-likeness (QED) is 0.293. The summed E-state index contributed by atoms with van der Waals surface area (Å²) in [5.74, 6) is 2.24. The first kappa shape index (κ1) is 27.0. The summed E-state index contributed by atoms with van der Waals surface area (Å²) in [5.41, 5.74) is 3.99. The van der Waals surface area contributed by atoms with E-state index in [1.165, 1.54) is 6.07 Å². The number of benzene rings is 2. The number of hydrogen-bond donors (Lipinski definition) is 4. The van der Waals surface area contributed by atoms with E-state index < -0.39 is 10.0 Å². The highest BCUT2D eigenvalue weighted by Gasteiger charge is 2.24. The normalized spacial score (nSPS) is 15.0. The fourth-order valence-electron chi connectivity index (χ4n) is 4.90. The second-order valence-electron chi connectivity index (χ2n) is 9.57. The molecule has 0 radical (unpaired) electrons. The predicted molar refractivity (Wildman–Crippen MR) is 153 cm³/mol. The number of morpholine rings is 1. The number of unbranched alkanes of at least 4 members (excludes halogenated alkanes) is 1. The molecule has 1 saturated heterocycles. The second kappa shape index (κ2) is 11.6. The molecule has 0 saturated carbocycles. The Hall–Kier alpha value is -3.61. The number of aromatic nitrogens is 2. The van der Waals surface area contributed by atoms with Gasteiger partial charge in [0.2, 0.25) is 16.0 Å². The van der Waals surface area contributed by atoms with E-state index in [-0.39, 0.29) is 4.90 Å². The number of para-hydroxylation sites is 1. The molecule has 0 amide bonds. The van der Waals surface area contributed by atoms with Crippen LogP contribution in [0.1, 0.15) is 30.9 Å². The van der Waals surface area contributed by atoms with Crippen LogP contribution in [0, 0.1) is 0 Å². The Balaban J connectivity index is 1.49. The highest BCUT2D eigenvalue weighted by Crippen LogP contribution is 2.36. The molecule has 39 heavy (non-hydrogen) atoms. The van der Waals surface area contributed by atoms with Crippen molar-refractivity contribution in [1.82, 2.24) is 9.97 Å². The van der Waals surface area contributed by atoms with Gasteiger partial charge in [-0.2, -0.15) is 9.97 Å². The fourth-order valence-corrected chi connectivity index (χ4v) is 5.64. The Kier molecular flexibility index (Phi) is 8.05. The summed E-state index contributed by atoms with van der Waals surface area (Å²) in [6.45, 7) is 5.85. The number of nitrogens with two attached hydrogens (primary N) is 1. The van der Waals surface area contributed by atoms with Gasteiger partial charge in [0, 0.05) is 37.0 Å². The van der Waals surface area contributed by atoms with Crippen molar-refractivity contribution in [1.29, 1.82) is 0 Å². The third-order valence-corrected chi connectivity index (χ3v) is 7.90. The van der Waals surface area contributed by atoms with Gasteiger partial charge in [-0.25, -0.2) is 13.6 Å². The topological polar surface area (TPSA) is 144 Å². The van der Waals surface area contributed by atoms with E-state index in [0.717, 1.165) is 42.7 Å². The maximum Gasteiger partial charge on any atom is 0.240 e. The van der Waals surface area contributed by atoms with Crippen LogP contribution in [0.15, 0.2) is 41.3 Å². The van der Waals surface area contributed by atoms with Crippen LogP contribution in [-0.2, 0) is 27.6 Å². The zero-order chi connectivity index (χ0) is 27.4. The van der Waals surface area contributed by atoms with Crippen molar-refractivity contribution in [3.05, 3.63) is 47.5 Å². The molecule has 1 fully saturated rings. The van der Waals surface area contributed by atoms with Gasteiger partial charge in [-0.1, -0.05) is 25.5 Å². The van der Waals surface area contributed by atoms with E-state index in [0.29, 0.717) is 67.3 Å². The van der Waals surface area contributed by atoms with E-state index in [2.05, 4.69) is 32.8 Å². The molecule has 12 heteroatoms. The number of nitrogens with one attached hydrogen (secondary N) is 3. The second-order valence-corrected chi connectivity index (χ2v) is 11.1. The molecule has 0 unspecified atom stereocenters. The number of hydrogen-bond acceptors (Lipinski definition) is 10. The van der Waals surface area contributed by atoms with Crippen LogP contribution in [0.3, 0.4) is 0 Å². The molecule has 5 rings (SSSR count). The smallest absolute Gasteiger partial charge is 0.240 e. The Morgan fingerprint density at radius 2 is 1.97 bits per heavy atom. The minimum Gasteiger partial charge on any atom is -0.494 e. The van der Waals surface area contributed by atoms with Gasteiger partial charge < -0.3 is 30.3 Å². The average molecular weight is 554 g/mol. The van der Waals surface area contributed by atoms with Crippen LogP contribution in [0.25, 0.3) is 0 Å². The highest BCUT2D eigenvalue weighted by atomic mass is 32.2. The number of methoxy groups -OCH3 is 1. The van der Waals surface area contributed by atoms with Gasteiger partial charge in [-0.15, -0.1) is 0 Å². The molecule has 5 N–H and O–H groups in total. The van der Waals surface area contributed by atoms with Crippen molar-refractivity contribution >= 4 is 44.7 Å². The molecular weight excluding hydrogens is 518 g/mol. The summed E-state index contributed by atoms with van der Waals surface area (Å²) in [6.07, 6.45) is 3.31. The lowest BCUT2D eigenvalue weighted by atomic mass is 10.1. The van der Waals surface area contributed by atoms with Crippen LogP contribution in [0.5, 0.6) is 5.75 Å². The number of ether oxygens (including phenoxy) is 2. The van der Waals surface area contributed by atoms with Crippen LogP contribution in [-0.4, -0.2) is 58.3 Å². The van der Waals surface area contributed by atoms with Crippen LogP contribution in [0.2, 0.25) is 0 Å². The molecule has 0 spiro atoms. The Morgan fingerprint density at radius 1 is 1.15 bits per heavy atom. The molecule has 208 valence electrons. The molecule has 2 aliphatic heterocycles. The first-order valence-corrected chi connectivity index (χ1v) is 14.8. The summed E-state index contributed by atoms with van der Waals surface area (Å²) < 4.78 is 36.1. The number of anilines is 6. The fraction of sp³-hybridized carbons (Fsp3) is 0.407. The minimum absolute atomic E-state index is 0.0456. The molecule has 11 nitrogen and oxygen atoms in total. The van der Waals surface area contributed by atoms with Gasteiger partial charge in [0.05, 0.1) is 31.7 Å². The van der Waals surface area contributed by atoms with Gasteiger partial charge in [0.15, 0.2) is 0 Å². The molecule has 0 bridgehead atoms. The lowest BCUT2D eigenvalue weighted by Gasteiger charge is -2.29. The zero-order valence-electron chi connectivity index (χ0n) is 22.3. The first-order valence-electron chi connectivity index (χ1n) is 13.2. The van der Waals surface area contributed by atoms with Crippen molar-refractivity contribution in [2.45, 2.75) is 37.5 Å². The largest absolute Gasteiger partial charge is 0.494 e. The van der Waals surface area contributed by atoms with Crippen LogP contribution >= 0.6 is 0 Å². The van der Waals surface area contributed by atoms with E-state index in [9.17, 15) is 8.42 Å². The van der Waals surface area contributed by atoms with Gasteiger partial charge in [-0.3, -0.25) is 0 Å². The third-order valence-electron chi connectivity index (χ3n) is 6.94. The van der Waals surface area contributed by atoms with Crippen molar-refractivity contribution in [3.8, 4) is 5.75 Å². The van der Waals surface area contributed by atoms with Gasteiger partial charge >= 0.3 is 0 Å².